The van der Waals surface area contributed by atoms with E-state index in [0.717, 1.165) is 62.3 Å². The zero-order valence-electron chi connectivity index (χ0n) is 16.0. The van der Waals surface area contributed by atoms with Gasteiger partial charge in [0.25, 0.3) is 5.79 Å². The Labute approximate surface area is 169 Å². The molecule has 0 bridgehead atoms. The van der Waals surface area contributed by atoms with E-state index in [1.807, 2.05) is 18.2 Å². The summed E-state index contributed by atoms with van der Waals surface area (Å²) < 4.78 is 12.3. The molecule has 1 amide bonds. The van der Waals surface area contributed by atoms with Crippen LogP contribution in [-0.4, -0.2) is 29.7 Å². The lowest BCUT2D eigenvalue weighted by Gasteiger charge is -2.31. The monoisotopic (exact) mass is 398 g/mol. The van der Waals surface area contributed by atoms with Gasteiger partial charge in [0.05, 0.1) is 6.54 Å². The molecule has 1 aliphatic carbocycles. The van der Waals surface area contributed by atoms with Crippen LogP contribution in [0.25, 0.3) is 0 Å². The van der Waals surface area contributed by atoms with Crippen molar-refractivity contribution in [3.05, 3.63) is 40.6 Å². The van der Waals surface area contributed by atoms with Crippen LogP contribution >= 0.6 is 11.3 Å². The topological polar surface area (TPSA) is 50.8 Å². The summed E-state index contributed by atoms with van der Waals surface area (Å²) in [6.45, 7) is 1.39. The first-order chi connectivity index (χ1) is 13.7. The van der Waals surface area contributed by atoms with E-state index in [-0.39, 0.29) is 5.91 Å². The number of benzene rings is 1. The molecule has 5 rings (SSSR count). The van der Waals surface area contributed by atoms with Crippen molar-refractivity contribution >= 4 is 22.9 Å². The molecule has 148 valence electrons. The number of amides is 1. The summed E-state index contributed by atoms with van der Waals surface area (Å²) in [5.41, 5.74) is 0.770. The molecule has 0 unspecified atom stereocenters. The number of thiophene rings is 1. The lowest BCUT2D eigenvalue weighted by atomic mass is 9.94. The van der Waals surface area contributed by atoms with Crippen molar-refractivity contribution < 1.29 is 14.3 Å². The van der Waals surface area contributed by atoms with Crippen LogP contribution in [0.2, 0.25) is 0 Å². The highest BCUT2D eigenvalue weighted by Gasteiger charge is 2.42. The summed E-state index contributed by atoms with van der Waals surface area (Å²) in [5.74, 6) is 1.08. The van der Waals surface area contributed by atoms with Crippen LogP contribution in [-0.2, 0) is 4.79 Å². The molecule has 2 aromatic rings. The summed E-state index contributed by atoms with van der Waals surface area (Å²) in [4.78, 5) is 16.3. The average Bonchev–Trinajstić information content (AvgIpc) is 3.41. The third-order valence-electron chi connectivity index (χ3n) is 6.02. The van der Waals surface area contributed by atoms with Crippen molar-refractivity contribution in [2.45, 2.75) is 56.8 Å². The lowest BCUT2D eigenvalue weighted by Crippen LogP contribution is -2.40. The van der Waals surface area contributed by atoms with Gasteiger partial charge < -0.3 is 14.8 Å². The fourth-order valence-electron chi connectivity index (χ4n) is 4.67. The first-order valence-corrected chi connectivity index (χ1v) is 11.2. The molecule has 2 aliphatic heterocycles. The Morgan fingerprint density at radius 2 is 2.00 bits per heavy atom. The van der Waals surface area contributed by atoms with Gasteiger partial charge in [0, 0.05) is 35.5 Å². The Morgan fingerprint density at radius 1 is 1.14 bits per heavy atom. The van der Waals surface area contributed by atoms with Gasteiger partial charge in [-0.25, -0.2) is 0 Å². The summed E-state index contributed by atoms with van der Waals surface area (Å²) >= 11 is 1.78. The fraction of sp³-hybridized carbons (Fsp3) is 0.500. The molecule has 1 saturated heterocycles. The Hall–Kier alpha value is -2.05. The van der Waals surface area contributed by atoms with Crippen molar-refractivity contribution in [2.24, 2.45) is 0 Å². The van der Waals surface area contributed by atoms with Crippen LogP contribution < -0.4 is 14.8 Å². The predicted molar refractivity (Wildman–Crippen MR) is 110 cm³/mol. The first-order valence-electron chi connectivity index (χ1n) is 10.3. The van der Waals surface area contributed by atoms with Gasteiger partial charge in [0.2, 0.25) is 5.91 Å². The van der Waals surface area contributed by atoms with Crippen LogP contribution in [0.15, 0.2) is 35.7 Å². The molecule has 1 aromatic heterocycles. The van der Waals surface area contributed by atoms with Crippen LogP contribution in [0.4, 0.5) is 5.69 Å². The summed E-state index contributed by atoms with van der Waals surface area (Å²) in [6, 6.07) is 10.3. The second-order valence-corrected chi connectivity index (χ2v) is 9.01. The lowest BCUT2D eigenvalue weighted by molar-refractivity contribution is -0.117. The number of fused-ring (bicyclic) bond motifs is 1. The molecule has 2 fully saturated rings. The molecule has 3 aliphatic rings. The highest BCUT2D eigenvalue weighted by atomic mass is 32.1. The number of anilines is 1. The van der Waals surface area contributed by atoms with E-state index < -0.39 is 5.79 Å². The Kier molecular flexibility index (Phi) is 4.77. The molecule has 1 aromatic carbocycles. The minimum Gasteiger partial charge on any atom is -0.448 e. The maximum Gasteiger partial charge on any atom is 0.251 e. The van der Waals surface area contributed by atoms with Crippen molar-refractivity contribution in [1.29, 1.82) is 0 Å². The SMILES string of the molecule is O=C(CN1CCC[C@H]1c1cccs1)Nc1ccc2c(c1)OC1(CCCCC1)O2. The van der Waals surface area contributed by atoms with Gasteiger partial charge in [0.1, 0.15) is 0 Å². The fourth-order valence-corrected chi connectivity index (χ4v) is 5.56. The molecule has 1 atom stereocenters. The molecule has 5 nitrogen and oxygen atoms in total. The summed E-state index contributed by atoms with van der Waals surface area (Å²) in [6.07, 6.45) is 7.65. The molecule has 0 radical (unpaired) electrons. The number of nitrogens with one attached hydrogen (secondary N) is 1. The molecule has 6 heteroatoms. The third kappa shape index (κ3) is 3.51. The van der Waals surface area contributed by atoms with Crippen LogP contribution in [0.1, 0.15) is 55.9 Å². The van der Waals surface area contributed by atoms with Crippen molar-refractivity contribution in [1.82, 2.24) is 4.90 Å². The molecule has 3 heterocycles. The van der Waals surface area contributed by atoms with Gasteiger partial charge >= 0.3 is 0 Å². The zero-order valence-corrected chi connectivity index (χ0v) is 16.8. The van der Waals surface area contributed by atoms with E-state index in [9.17, 15) is 4.79 Å². The predicted octanol–water partition coefficient (Wildman–Crippen LogP) is 4.96. The summed E-state index contributed by atoms with van der Waals surface area (Å²) in [7, 11) is 0. The van der Waals surface area contributed by atoms with Gasteiger partial charge in [0.15, 0.2) is 11.5 Å². The van der Waals surface area contributed by atoms with Gasteiger partial charge in [-0.05, 0) is 55.8 Å². The van der Waals surface area contributed by atoms with Crippen molar-refractivity contribution in [3.8, 4) is 11.5 Å². The first kappa shape index (κ1) is 18.0. The quantitative estimate of drug-likeness (QED) is 0.791. The second-order valence-electron chi connectivity index (χ2n) is 8.03. The van der Waals surface area contributed by atoms with Gasteiger partial charge in [-0.1, -0.05) is 12.5 Å². The second kappa shape index (κ2) is 7.41. The zero-order chi connectivity index (χ0) is 19.0. The molecule has 28 heavy (non-hydrogen) atoms. The van der Waals surface area contributed by atoms with Gasteiger partial charge in [-0.15, -0.1) is 11.3 Å². The molecular weight excluding hydrogens is 372 g/mol. The van der Waals surface area contributed by atoms with Crippen LogP contribution in [0, 0.1) is 0 Å². The number of carbonyl (C=O) groups excluding carboxylic acids is 1. The van der Waals surface area contributed by atoms with Crippen molar-refractivity contribution in [3.63, 3.8) is 0 Å². The van der Waals surface area contributed by atoms with E-state index in [4.69, 9.17) is 9.47 Å². The summed E-state index contributed by atoms with van der Waals surface area (Å²) in [5, 5.41) is 5.15. The van der Waals surface area contributed by atoms with Crippen LogP contribution in [0.3, 0.4) is 0 Å². The number of ether oxygens (including phenoxy) is 2. The third-order valence-corrected chi connectivity index (χ3v) is 6.99. The number of rotatable bonds is 4. The normalized spacial score (nSPS) is 23.2. The number of hydrogen-bond donors (Lipinski definition) is 1. The Bertz CT molecular complexity index is 845. The highest BCUT2D eigenvalue weighted by molar-refractivity contribution is 7.10. The standard InChI is InChI=1S/C22H26N2O3S/c25-21(15-24-12-4-6-17(24)20-7-5-13-28-20)23-16-8-9-18-19(14-16)27-22(26-18)10-2-1-3-11-22/h5,7-9,13-14,17H,1-4,6,10-12,15H2,(H,23,25)/t17-/m0/s1. The molecule has 1 saturated carbocycles. The minimum absolute atomic E-state index is 0.0229. The van der Waals surface area contributed by atoms with Crippen molar-refractivity contribution in [2.75, 3.05) is 18.4 Å². The maximum atomic E-state index is 12.7. The van der Waals surface area contributed by atoms with E-state index in [2.05, 4.69) is 27.7 Å². The van der Waals surface area contributed by atoms with E-state index in [1.165, 1.54) is 11.3 Å². The van der Waals surface area contributed by atoms with Crippen LogP contribution in [0.5, 0.6) is 11.5 Å². The Morgan fingerprint density at radius 3 is 2.82 bits per heavy atom. The minimum atomic E-state index is -0.479. The number of nitrogens with zero attached hydrogens (tertiary/aromatic N) is 1. The number of likely N-dealkylation sites (tertiary alicyclic amines) is 1. The Balaban J connectivity index is 1.23. The van der Waals surface area contributed by atoms with Gasteiger partial charge in [-0.2, -0.15) is 0 Å². The number of hydrogen-bond acceptors (Lipinski definition) is 5. The maximum absolute atomic E-state index is 12.7. The smallest absolute Gasteiger partial charge is 0.251 e. The van der Waals surface area contributed by atoms with E-state index in [0.29, 0.717) is 12.6 Å². The molecular formula is C22H26N2O3S. The van der Waals surface area contributed by atoms with E-state index >= 15 is 0 Å². The van der Waals surface area contributed by atoms with E-state index in [1.54, 1.807) is 11.3 Å². The average molecular weight is 399 g/mol. The largest absolute Gasteiger partial charge is 0.448 e. The highest BCUT2D eigenvalue weighted by Crippen LogP contribution is 2.46. The molecule has 1 spiro atoms. The molecule has 1 N–H and O–H groups in total. The van der Waals surface area contributed by atoms with Gasteiger partial charge in [-0.3, -0.25) is 9.69 Å². The number of carbonyl (C=O) groups is 1.